The molecule has 0 amide bonds. The Balaban J connectivity index is 0.00000162. The zero-order valence-electron chi connectivity index (χ0n) is 10.3. The Bertz CT molecular complexity index is 399. The van der Waals surface area contributed by atoms with Crippen LogP contribution in [-0.2, 0) is 0 Å². The second-order valence-electron chi connectivity index (χ2n) is 4.57. The first kappa shape index (κ1) is 15.2. The van der Waals surface area contributed by atoms with E-state index in [1.165, 1.54) is 7.11 Å². The van der Waals surface area contributed by atoms with Crippen LogP contribution in [0.1, 0.15) is 30.9 Å². The molecule has 2 atom stereocenters. The van der Waals surface area contributed by atoms with Gasteiger partial charge in [0.15, 0.2) is 11.6 Å². The van der Waals surface area contributed by atoms with Crippen LogP contribution in [0.25, 0.3) is 0 Å². The Morgan fingerprint density at radius 2 is 2.11 bits per heavy atom. The minimum atomic E-state index is -0.685. The lowest BCUT2D eigenvalue weighted by Gasteiger charge is -2.34. The molecule has 0 unspecified atom stereocenters. The molecule has 0 saturated heterocycles. The highest BCUT2D eigenvalue weighted by Crippen LogP contribution is 2.35. The average molecular weight is 276 g/mol. The number of methoxy groups -OCH3 is 1. The Morgan fingerprint density at radius 3 is 2.61 bits per heavy atom. The summed E-state index contributed by atoms with van der Waals surface area (Å²) >= 11 is 0. The number of ether oxygens (including phenoxy) is 1. The number of rotatable bonds is 4. The van der Waals surface area contributed by atoms with E-state index >= 15 is 0 Å². The molecule has 0 aliphatic heterocycles. The first-order valence-electron chi connectivity index (χ1n) is 5.91. The van der Waals surface area contributed by atoms with Crippen LogP contribution in [0.5, 0.6) is 5.75 Å². The van der Waals surface area contributed by atoms with Gasteiger partial charge in [-0.2, -0.15) is 0 Å². The zero-order chi connectivity index (χ0) is 12.4. The van der Waals surface area contributed by atoms with Crippen molar-refractivity contribution in [2.24, 2.45) is 11.7 Å². The van der Waals surface area contributed by atoms with Gasteiger partial charge in [0.05, 0.1) is 19.3 Å². The van der Waals surface area contributed by atoms with Gasteiger partial charge in [0.25, 0.3) is 0 Å². The summed E-state index contributed by atoms with van der Waals surface area (Å²) in [6.45, 7) is 0. The average Bonchev–Trinajstić information content (AvgIpc) is 2.26. The molecule has 0 radical (unpaired) electrons. The fourth-order valence-electron chi connectivity index (χ4n) is 2.20. The van der Waals surface area contributed by atoms with Crippen LogP contribution in [0.2, 0.25) is 0 Å². The van der Waals surface area contributed by atoms with Crippen LogP contribution in [0.15, 0.2) is 18.2 Å². The second kappa shape index (κ2) is 6.36. The van der Waals surface area contributed by atoms with Crippen LogP contribution in [0.3, 0.4) is 0 Å². The number of benzene rings is 1. The molecular weight excluding hydrogens is 257 g/mol. The quantitative estimate of drug-likeness (QED) is 0.887. The van der Waals surface area contributed by atoms with Gasteiger partial charge in [-0.25, -0.2) is 4.39 Å². The largest absolute Gasteiger partial charge is 0.494 e. The molecule has 18 heavy (non-hydrogen) atoms. The number of halogens is 2. The van der Waals surface area contributed by atoms with Gasteiger partial charge in [0.1, 0.15) is 0 Å². The molecule has 1 aromatic carbocycles. The first-order valence-corrected chi connectivity index (χ1v) is 5.91. The van der Waals surface area contributed by atoms with Gasteiger partial charge < -0.3 is 15.6 Å². The van der Waals surface area contributed by atoms with E-state index in [-0.39, 0.29) is 24.1 Å². The van der Waals surface area contributed by atoms with Crippen LogP contribution < -0.4 is 10.5 Å². The smallest absolute Gasteiger partial charge is 0.169 e. The molecule has 5 heteroatoms. The minimum Gasteiger partial charge on any atom is -0.494 e. The van der Waals surface area contributed by atoms with Crippen molar-refractivity contribution in [1.29, 1.82) is 0 Å². The highest BCUT2D eigenvalue weighted by Gasteiger charge is 2.32. The lowest BCUT2D eigenvalue weighted by Crippen LogP contribution is -2.36. The number of nitrogens with two attached hydrogens (primary N) is 1. The van der Waals surface area contributed by atoms with Gasteiger partial charge in [-0.15, -0.1) is 12.4 Å². The fraction of sp³-hybridized carbons (Fsp3) is 0.538. The van der Waals surface area contributed by atoms with E-state index < -0.39 is 18.0 Å². The molecule has 1 saturated carbocycles. The van der Waals surface area contributed by atoms with E-state index in [4.69, 9.17) is 10.5 Å². The molecule has 3 nitrogen and oxygen atoms in total. The lowest BCUT2D eigenvalue weighted by molar-refractivity contribution is 0.0404. The molecule has 0 heterocycles. The predicted octanol–water partition coefficient (Wildman–Crippen LogP) is 2.42. The molecule has 102 valence electrons. The summed E-state index contributed by atoms with van der Waals surface area (Å²) in [5, 5.41) is 10.0. The maximum Gasteiger partial charge on any atom is 0.169 e. The van der Waals surface area contributed by atoms with E-state index in [1.807, 2.05) is 0 Å². The van der Waals surface area contributed by atoms with Crippen LogP contribution in [0, 0.1) is 11.7 Å². The van der Waals surface area contributed by atoms with Crippen molar-refractivity contribution in [3.8, 4) is 5.75 Å². The summed E-state index contributed by atoms with van der Waals surface area (Å²) in [7, 11) is 1.41. The van der Waals surface area contributed by atoms with E-state index in [1.54, 1.807) is 18.2 Å². The van der Waals surface area contributed by atoms with Crippen molar-refractivity contribution in [3.63, 3.8) is 0 Å². The molecule has 1 aliphatic rings. The summed E-state index contributed by atoms with van der Waals surface area (Å²) in [4.78, 5) is 0. The van der Waals surface area contributed by atoms with Crippen molar-refractivity contribution in [2.45, 2.75) is 31.4 Å². The van der Waals surface area contributed by atoms with Gasteiger partial charge in [-0.05, 0) is 24.8 Å². The van der Waals surface area contributed by atoms with E-state index in [0.29, 0.717) is 5.56 Å². The van der Waals surface area contributed by atoms with Crippen LogP contribution >= 0.6 is 12.4 Å². The highest BCUT2D eigenvalue weighted by atomic mass is 35.5. The minimum absolute atomic E-state index is 0. The van der Waals surface area contributed by atoms with E-state index in [0.717, 1.165) is 19.3 Å². The maximum atomic E-state index is 14.0. The monoisotopic (exact) mass is 275 g/mol. The lowest BCUT2D eigenvalue weighted by atomic mass is 9.77. The van der Waals surface area contributed by atoms with Gasteiger partial charge in [-0.3, -0.25) is 0 Å². The summed E-state index contributed by atoms with van der Waals surface area (Å²) in [6.07, 6.45) is 2.39. The van der Waals surface area contributed by atoms with Gasteiger partial charge in [-0.1, -0.05) is 18.6 Å². The van der Waals surface area contributed by atoms with Gasteiger partial charge >= 0.3 is 0 Å². The normalized spacial score (nSPS) is 18.4. The molecule has 0 bridgehead atoms. The summed E-state index contributed by atoms with van der Waals surface area (Å²) < 4.78 is 18.9. The predicted molar refractivity (Wildman–Crippen MR) is 70.5 cm³/mol. The summed E-state index contributed by atoms with van der Waals surface area (Å²) in [5.41, 5.74) is 6.25. The molecule has 1 aliphatic carbocycles. The Labute approximate surface area is 113 Å². The number of hydrogen-bond donors (Lipinski definition) is 2. The third-order valence-corrected chi connectivity index (χ3v) is 3.57. The third-order valence-electron chi connectivity index (χ3n) is 3.57. The van der Waals surface area contributed by atoms with Crippen molar-refractivity contribution in [1.82, 2.24) is 0 Å². The van der Waals surface area contributed by atoms with E-state index in [2.05, 4.69) is 0 Å². The molecule has 1 aromatic rings. The molecule has 2 rings (SSSR count). The van der Waals surface area contributed by atoms with Gasteiger partial charge in [0, 0.05) is 5.56 Å². The fourth-order valence-corrected chi connectivity index (χ4v) is 2.20. The molecule has 1 fully saturated rings. The molecule has 0 spiro atoms. The number of aliphatic hydroxyl groups excluding tert-OH is 1. The van der Waals surface area contributed by atoms with Crippen molar-refractivity contribution in [3.05, 3.63) is 29.6 Å². The standard InChI is InChI=1S/C13H18FNO2.ClH/c1-17-10-7-3-6-9(11(10)14)12(15)13(16)8-4-2-5-8;/h3,6-8,12-13,16H,2,4-5,15H2,1H3;1H/t12-,13+;/m1./s1. The van der Waals surface area contributed by atoms with Crippen LogP contribution in [0.4, 0.5) is 4.39 Å². The molecule has 0 aromatic heterocycles. The summed E-state index contributed by atoms with van der Waals surface area (Å²) in [5.74, 6) is -0.102. The number of aliphatic hydroxyl groups is 1. The molecule has 3 N–H and O–H groups in total. The number of hydrogen-bond acceptors (Lipinski definition) is 3. The molecular formula is C13H19ClFNO2. The topological polar surface area (TPSA) is 55.5 Å². The van der Waals surface area contributed by atoms with Crippen molar-refractivity contribution < 1.29 is 14.2 Å². The zero-order valence-corrected chi connectivity index (χ0v) is 11.1. The maximum absolute atomic E-state index is 14.0. The Morgan fingerprint density at radius 1 is 1.44 bits per heavy atom. The van der Waals surface area contributed by atoms with Crippen LogP contribution in [-0.4, -0.2) is 18.3 Å². The van der Waals surface area contributed by atoms with E-state index in [9.17, 15) is 9.50 Å². The highest BCUT2D eigenvalue weighted by molar-refractivity contribution is 5.85. The SMILES string of the molecule is COc1cccc([C@@H](N)[C@@H](O)C2CCC2)c1F.Cl. The van der Waals surface area contributed by atoms with Crippen molar-refractivity contribution >= 4 is 12.4 Å². The van der Waals surface area contributed by atoms with Crippen molar-refractivity contribution in [2.75, 3.05) is 7.11 Å². The summed E-state index contributed by atoms with van der Waals surface area (Å²) in [6, 6.07) is 4.14. The van der Waals surface area contributed by atoms with Gasteiger partial charge in [0.2, 0.25) is 0 Å². The second-order valence-corrected chi connectivity index (χ2v) is 4.57. The Kier molecular flexibility index (Phi) is 5.38. The third kappa shape index (κ3) is 2.76. The Hall–Kier alpha value is -0.840. The first-order chi connectivity index (χ1) is 8.15.